The molecule has 0 aliphatic heterocycles. The maximum Gasteiger partial charge on any atom is 0.416 e. The number of halogens is 3. The number of aromatic nitrogens is 2. The average molecular weight is 504 g/mol. The van der Waals surface area contributed by atoms with E-state index in [9.17, 15) is 18.0 Å². The standard InChI is InChI=1S/C26H32F3N5O2/c1-14(2)25(35)34(6)7-8-36-23-13-21-22(9-15(23)3)32-17(5)33-24(21)31-16(4)18-10-19(26(27,28)29)12-20(30)11-18/h9-14,16H,7-8,30H2,1-6H3,(H,31,32,33)/t16-/m1/s1. The number of nitrogens with two attached hydrogens (primary N) is 1. The van der Waals surface area contributed by atoms with E-state index in [0.29, 0.717) is 47.0 Å². The summed E-state index contributed by atoms with van der Waals surface area (Å²) in [5.74, 6) is 1.54. The van der Waals surface area contributed by atoms with Crippen molar-refractivity contribution < 1.29 is 22.7 Å². The van der Waals surface area contributed by atoms with Gasteiger partial charge in [-0.05, 0) is 62.2 Å². The van der Waals surface area contributed by atoms with Gasteiger partial charge in [0.1, 0.15) is 24.0 Å². The van der Waals surface area contributed by atoms with Crippen LogP contribution in [0.5, 0.6) is 5.75 Å². The molecule has 2 aromatic carbocycles. The predicted molar refractivity (Wildman–Crippen MR) is 135 cm³/mol. The van der Waals surface area contributed by atoms with Gasteiger partial charge >= 0.3 is 6.18 Å². The lowest BCUT2D eigenvalue weighted by Crippen LogP contribution is -2.33. The van der Waals surface area contributed by atoms with Crippen LogP contribution in [0.1, 0.15) is 49.3 Å². The fourth-order valence-corrected chi connectivity index (χ4v) is 3.86. The lowest BCUT2D eigenvalue weighted by molar-refractivity contribution is -0.137. The van der Waals surface area contributed by atoms with Crippen LogP contribution in [0.3, 0.4) is 0 Å². The van der Waals surface area contributed by atoms with Gasteiger partial charge in [0.05, 0.1) is 23.7 Å². The molecule has 0 aliphatic rings. The molecule has 1 heterocycles. The molecule has 194 valence electrons. The number of nitrogen functional groups attached to an aromatic ring is 1. The molecule has 3 N–H and O–H groups in total. The third-order valence-corrected chi connectivity index (χ3v) is 5.82. The molecule has 0 spiro atoms. The first kappa shape index (κ1) is 27.0. The molecule has 1 amide bonds. The summed E-state index contributed by atoms with van der Waals surface area (Å²) in [7, 11) is 1.74. The first-order chi connectivity index (χ1) is 16.8. The number of aryl methyl sites for hydroxylation is 2. The van der Waals surface area contributed by atoms with Crippen LogP contribution in [0, 0.1) is 19.8 Å². The largest absolute Gasteiger partial charge is 0.491 e. The minimum Gasteiger partial charge on any atom is -0.491 e. The number of alkyl halides is 3. The van der Waals surface area contributed by atoms with E-state index in [1.807, 2.05) is 32.9 Å². The van der Waals surface area contributed by atoms with Gasteiger partial charge in [0, 0.05) is 24.0 Å². The number of hydrogen-bond acceptors (Lipinski definition) is 6. The second-order valence-electron chi connectivity index (χ2n) is 9.27. The number of amides is 1. The van der Waals surface area contributed by atoms with Crippen molar-refractivity contribution in [3.05, 3.63) is 52.8 Å². The third-order valence-electron chi connectivity index (χ3n) is 5.82. The van der Waals surface area contributed by atoms with E-state index in [1.165, 1.54) is 6.07 Å². The fourth-order valence-electron chi connectivity index (χ4n) is 3.86. The van der Waals surface area contributed by atoms with Crippen molar-refractivity contribution in [1.82, 2.24) is 14.9 Å². The molecule has 7 nitrogen and oxygen atoms in total. The summed E-state index contributed by atoms with van der Waals surface area (Å²) in [5.41, 5.74) is 6.90. The highest BCUT2D eigenvalue weighted by atomic mass is 19.4. The molecule has 1 aromatic heterocycles. The molecule has 3 rings (SSSR count). The zero-order valence-corrected chi connectivity index (χ0v) is 21.3. The van der Waals surface area contributed by atoms with Crippen LogP contribution >= 0.6 is 0 Å². The summed E-state index contributed by atoms with van der Waals surface area (Å²) >= 11 is 0. The number of carbonyl (C=O) groups excluding carboxylic acids is 1. The van der Waals surface area contributed by atoms with Gasteiger partial charge in [0.25, 0.3) is 0 Å². The number of rotatable bonds is 8. The minimum absolute atomic E-state index is 0.0319. The Morgan fingerprint density at radius 1 is 1.11 bits per heavy atom. The number of fused-ring (bicyclic) bond motifs is 1. The number of benzene rings is 2. The molecule has 1 atom stereocenters. The zero-order valence-electron chi connectivity index (χ0n) is 21.3. The molecule has 3 aromatic rings. The van der Waals surface area contributed by atoms with Crippen molar-refractivity contribution in [3.63, 3.8) is 0 Å². The normalized spacial score (nSPS) is 12.6. The van der Waals surface area contributed by atoms with Crippen LogP contribution in [0.25, 0.3) is 10.9 Å². The Morgan fingerprint density at radius 3 is 2.44 bits per heavy atom. The number of nitrogens with one attached hydrogen (secondary N) is 1. The summed E-state index contributed by atoms with van der Waals surface area (Å²) < 4.78 is 45.8. The van der Waals surface area contributed by atoms with Crippen molar-refractivity contribution in [2.24, 2.45) is 5.92 Å². The Labute approximate surface area is 208 Å². The quantitative estimate of drug-likeness (QED) is 0.394. The highest BCUT2D eigenvalue weighted by Crippen LogP contribution is 2.34. The van der Waals surface area contributed by atoms with E-state index in [1.54, 1.807) is 25.8 Å². The van der Waals surface area contributed by atoms with Crippen LogP contribution in [0.2, 0.25) is 0 Å². The van der Waals surface area contributed by atoms with Gasteiger partial charge in [-0.15, -0.1) is 0 Å². The number of hydrogen-bond donors (Lipinski definition) is 2. The van der Waals surface area contributed by atoms with Crippen molar-refractivity contribution in [2.45, 2.75) is 46.8 Å². The van der Waals surface area contributed by atoms with Crippen molar-refractivity contribution >= 4 is 28.3 Å². The van der Waals surface area contributed by atoms with E-state index in [0.717, 1.165) is 17.7 Å². The van der Waals surface area contributed by atoms with Crippen LogP contribution in [-0.4, -0.2) is 41.0 Å². The fraction of sp³-hybridized carbons (Fsp3) is 0.423. The molecular weight excluding hydrogens is 471 g/mol. The molecule has 0 bridgehead atoms. The maximum atomic E-state index is 13.3. The lowest BCUT2D eigenvalue weighted by atomic mass is 10.0. The molecule has 10 heteroatoms. The molecule has 36 heavy (non-hydrogen) atoms. The van der Waals surface area contributed by atoms with E-state index >= 15 is 0 Å². The van der Waals surface area contributed by atoms with Gasteiger partial charge in [-0.25, -0.2) is 9.97 Å². The van der Waals surface area contributed by atoms with E-state index in [2.05, 4.69) is 15.3 Å². The number of anilines is 2. The maximum absolute atomic E-state index is 13.3. The third kappa shape index (κ3) is 6.35. The Bertz CT molecular complexity index is 1260. The topological polar surface area (TPSA) is 93.4 Å². The summed E-state index contributed by atoms with van der Waals surface area (Å²) in [5, 5.41) is 3.88. The zero-order chi connectivity index (χ0) is 26.8. The minimum atomic E-state index is -4.50. The van der Waals surface area contributed by atoms with E-state index < -0.39 is 17.8 Å². The van der Waals surface area contributed by atoms with Crippen LogP contribution in [0.4, 0.5) is 24.7 Å². The molecular formula is C26H32F3N5O2. The first-order valence-electron chi connectivity index (χ1n) is 11.7. The highest BCUT2D eigenvalue weighted by molar-refractivity contribution is 5.91. The van der Waals surface area contributed by atoms with Gasteiger partial charge in [-0.1, -0.05) is 13.8 Å². The van der Waals surface area contributed by atoms with Crippen molar-refractivity contribution in [2.75, 3.05) is 31.2 Å². The smallest absolute Gasteiger partial charge is 0.416 e. The van der Waals surface area contributed by atoms with Gasteiger partial charge < -0.3 is 20.7 Å². The monoisotopic (exact) mass is 503 g/mol. The predicted octanol–water partition coefficient (Wildman–Crippen LogP) is 5.51. The summed E-state index contributed by atoms with van der Waals surface area (Å²) in [6.45, 7) is 9.81. The Morgan fingerprint density at radius 2 is 1.81 bits per heavy atom. The van der Waals surface area contributed by atoms with Crippen molar-refractivity contribution in [3.8, 4) is 5.75 Å². The second-order valence-corrected chi connectivity index (χ2v) is 9.27. The molecule has 0 fully saturated rings. The number of likely N-dealkylation sites (N-methyl/N-ethyl adjacent to an activating group) is 1. The summed E-state index contributed by atoms with van der Waals surface area (Å²) in [4.78, 5) is 22.7. The van der Waals surface area contributed by atoms with Gasteiger partial charge in [-0.3, -0.25) is 4.79 Å². The SMILES string of the molecule is Cc1nc(N[C@H](C)c2cc(N)cc(C(F)(F)F)c2)c2cc(OCCN(C)C(=O)C(C)C)c(C)cc2n1. The van der Waals surface area contributed by atoms with Gasteiger partial charge in [0.15, 0.2) is 0 Å². The second kappa shape index (κ2) is 10.6. The Balaban J connectivity index is 1.88. The Kier molecular flexibility index (Phi) is 7.96. The van der Waals surface area contributed by atoms with E-state index in [-0.39, 0.29) is 17.5 Å². The molecule has 0 unspecified atom stereocenters. The molecule has 0 aliphatic carbocycles. The van der Waals surface area contributed by atoms with Crippen LogP contribution in [0.15, 0.2) is 30.3 Å². The van der Waals surface area contributed by atoms with Gasteiger partial charge in [-0.2, -0.15) is 13.2 Å². The molecule has 0 saturated carbocycles. The average Bonchev–Trinajstić information content (AvgIpc) is 2.77. The lowest BCUT2D eigenvalue weighted by Gasteiger charge is -2.21. The number of nitrogens with zero attached hydrogens (tertiary/aromatic N) is 3. The van der Waals surface area contributed by atoms with Crippen LogP contribution in [-0.2, 0) is 11.0 Å². The number of carbonyl (C=O) groups is 1. The van der Waals surface area contributed by atoms with Crippen molar-refractivity contribution in [1.29, 1.82) is 0 Å². The summed E-state index contributed by atoms with van der Waals surface area (Å²) in [6, 6.07) is 6.67. The van der Waals surface area contributed by atoms with Crippen LogP contribution < -0.4 is 15.8 Å². The highest BCUT2D eigenvalue weighted by Gasteiger charge is 2.31. The first-order valence-corrected chi connectivity index (χ1v) is 11.7. The number of ether oxygens (including phenoxy) is 1. The summed E-state index contributed by atoms with van der Waals surface area (Å²) in [6.07, 6.45) is -4.50. The molecule has 0 saturated heterocycles. The molecule has 0 radical (unpaired) electrons. The Hall–Kier alpha value is -3.56. The van der Waals surface area contributed by atoms with Gasteiger partial charge in [0.2, 0.25) is 5.91 Å². The van der Waals surface area contributed by atoms with E-state index in [4.69, 9.17) is 10.5 Å².